The van der Waals surface area contributed by atoms with Crippen LogP contribution >= 0.6 is 0 Å². The van der Waals surface area contributed by atoms with Crippen LogP contribution in [0.15, 0.2) is 175 Å². The lowest BCUT2D eigenvalue weighted by atomic mass is 9.50. The minimum Gasteiger partial charge on any atom is -1.00 e. The molecule has 96 heavy (non-hydrogen) atoms. The van der Waals surface area contributed by atoms with E-state index in [9.17, 15) is 44.6 Å². The summed E-state index contributed by atoms with van der Waals surface area (Å²) in [7, 11) is -10.5. The van der Waals surface area contributed by atoms with Crippen LogP contribution in [0.5, 0.6) is 11.5 Å². The fraction of sp³-hybridized carbons (Fsp3) is 0.480. The topological polar surface area (TPSA) is 198 Å². The fourth-order valence-corrected chi connectivity index (χ4v) is 24.9. The largest absolute Gasteiger partial charge is 1.00 e. The molecule has 0 radical (unpaired) electrons. The Labute approximate surface area is 579 Å². The number of alkyl halides is 2. The van der Waals surface area contributed by atoms with Gasteiger partial charge in [-0.1, -0.05) is 72.8 Å². The maximum atomic E-state index is 13.1. The van der Waals surface area contributed by atoms with Gasteiger partial charge >= 0.3 is 23.2 Å². The van der Waals surface area contributed by atoms with Crippen LogP contribution < -0.4 is 26.5 Å². The van der Waals surface area contributed by atoms with Crippen molar-refractivity contribution in [3.63, 3.8) is 0 Å². The molecule has 1 aliphatic heterocycles. The van der Waals surface area contributed by atoms with Crippen LogP contribution in [0.2, 0.25) is 0 Å². The highest BCUT2D eigenvalue weighted by atomic mass is 79.9. The summed E-state index contributed by atoms with van der Waals surface area (Å²) >= 11 is 0. The van der Waals surface area contributed by atoms with Crippen LogP contribution in [0.4, 0.5) is 8.78 Å². The van der Waals surface area contributed by atoms with Crippen molar-refractivity contribution in [3.8, 4) is 11.5 Å². The highest BCUT2D eigenvalue weighted by Gasteiger charge is 2.67. The van der Waals surface area contributed by atoms with Crippen molar-refractivity contribution in [3.05, 3.63) is 168 Å². The first-order valence-electron chi connectivity index (χ1n) is 33.3. The number of benzene rings is 6. The molecule has 11 fully saturated rings. The van der Waals surface area contributed by atoms with Crippen molar-refractivity contribution in [2.24, 2.45) is 59.2 Å². The summed E-state index contributed by atoms with van der Waals surface area (Å²) in [5.41, 5.74) is 3.56. The molecule has 11 aliphatic rings. The molecule has 10 bridgehead atoms. The van der Waals surface area contributed by atoms with Crippen molar-refractivity contribution in [1.82, 2.24) is 0 Å². The first kappa shape index (κ1) is 70.1. The van der Waals surface area contributed by atoms with Crippen molar-refractivity contribution in [1.29, 1.82) is 0 Å². The number of hydrogen-bond donors (Lipinski definition) is 0. The van der Waals surface area contributed by atoms with Crippen molar-refractivity contribution in [2.75, 3.05) is 13.2 Å². The summed E-state index contributed by atoms with van der Waals surface area (Å²) in [6.45, 7) is 12.6. The summed E-state index contributed by atoms with van der Waals surface area (Å²) in [6, 6.07) is 51.5. The van der Waals surface area contributed by atoms with Gasteiger partial charge in [0.05, 0.1) is 27.0 Å². The minimum absolute atomic E-state index is 0. The Balaban J connectivity index is 0.000000142. The molecule has 0 aromatic heterocycles. The van der Waals surface area contributed by atoms with Gasteiger partial charge in [0.1, 0.15) is 34.9 Å². The van der Waals surface area contributed by atoms with Crippen molar-refractivity contribution >= 4 is 59.9 Å². The number of ether oxygens (including phenoxy) is 5. The molecule has 6 aromatic rings. The molecule has 21 heteroatoms. The van der Waals surface area contributed by atoms with Gasteiger partial charge in [-0.25, -0.2) is 22.8 Å². The quantitative estimate of drug-likeness (QED) is 0.0275. The van der Waals surface area contributed by atoms with Gasteiger partial charge in [-0.2, -0.15) is 17.2 Å². The lowest BCUT2D eigenvalue weighted by Gasteiger charge is -2.59. The number of hydrogen-bond acceptors (Lipinski definition) is 14. The Morgan fingerprint density at radius 1 is 0.531 bits per heavy atom. The van der Waals surface area contributed by atoms with Crippen LogP contribution in [-0.4, -0.2) is 86.4 Å². The van der Waals surface area contributed by atoms with Gasteiger partial charge in [-0.3, -0.25) is 4.18 Å². The molecule has 0 amide bonds. The Hall–Kier alpha value is -5.81. The van der Waals surface area contributed by atoms with Crippen LogP contribution in [0, 0.1) is 86.9 Å². The predicted octanol–water partition coefficient (Wildman–Crippen LogP) is 11.2. The monoisotopic (exact) mass is 1450 g/mol. The highest BCUT2D eigenvalue weighted by Crippen LogP contribution is 2.61. The van der Waals surface area contributed by atoms with Crippen LogP contribution in [0.3, 0.4) is 0 Å². The van der Waals surface area contributed by atoms with Crippen LogP contribution in [0.1, 0.15) is 113 Å². The summed E-state index contributed by atoms with van der Waals surface area (Å²) < 4.78 is 114. The van der Waals surface area contributed by atoms with E-state index in [2.05, 4.69) is 192 Å². The molecule has 10 aliphatic carbocycles. The lowest BCUT2D eigenvalue weighted by Crippen LogP contribution is -3.00. The average molecular weight is 1450 g/mol. The number of esters is 3. The van der Waals surface area contributed by atoms with E-state index in [0.29, 0.717) is 30.1 Å². The molecule has 17 rings (SSSR count). The second-order valence-electron chi connectivity index (χ2n) is 28.5. The number of aryl methyl sites for hydroxylation is 4. The summed E-state index contributed by atoms with van der Waals surface area (Å²) in [5, 5.41) is -5.96. The smallest absolute Gasteiger partial charge is 0.428 e. The molecule has 512 valence electrons. The molecule has 6 aromatic carbocycles. The zero-order chi connectivity index (χ0) is 66.9. The number of carbonyl (C=O) groups is 3. The van der Waals surface area contributed by atoms with Gasteiger partial charge in [0.2, 0.25) is 0 Å². The van der Waals surface area contributed by atoms with Gasteiger partial charge in [0, 0.05) is 36.1 Å². The van der Waals surface area contributed by atoms with Gasteiger partial charge in [0.25, 0.3) is 10.1 Å². The normalized spacial score (nSPS) is 30.3. The molecule has 10 saturated carbocycles. The molecule has 5 atom stereocenters. The number of fused-ring (bicyclic) bond motifs is 1. The van der Waals surface area contributed by atoms with Gasteiger partial charge in [-0.15, -0.1) is 0 Å². The van der Waals surface area contributed by atoms with E-state index in [4.69, 9.17) is 23.1 Å². The molecule has 14 nitrogen and oxygen atoms in total. The third-order valence-corrected chi connectivity index (χ3v) is 29.3. The average Bonchev–Trinajstić information content (AvgIpc) is 1.30. The molecular weight excluding hydrogens is 1370 g/mol. The SMILES string of the molecule is Cc1cc([S+](c2ccccc2)c2ccccc2)cc(C)c1OCC(=O)OC1(C)C2CC3CC(C2)CC1C3.Cc1cc([S+](c2ccccc2)c2ccccc2)cc(C)c1OCC(=O)OC1(C)C2CC3CC(C2)CC1C3.O=C(OC1C2CC3C1OS(=O)(=O)C3C2)C(F)(F)S(=O)(=O)[O-].[Br-]. The van der Waals surface area contributed by atoms with E-state index in [1.807, 2.05) is 0 Å². The predicted molar refractivity (Wildman–Crippen MR) is 354 cm³/mol. The molecular formula is C75H83BrF2O14S4. The van der Waals surface area contributed by atoms with E-state index in [-0.39, 0.29) is 81.5 Å². The lowest BCUT2D eigenvalue weighted by molar-refractivity contribution is -0.205. The zero-order valence-electron chi connectivity index (χ0n) is 54.7. The van der Waals surface area contributed by atoms with E-state index in [1.165, 1.54) is 93.6 Å². The summed E-state index contributed by atoms with van der Waals surface area (Å²) in [4.78, 5) is 44.9. The first-order valence-corrected chi connectivity index (χ1v) is 38.7. The van der Waals surface area contributed by atoms with Crippen molar-refractivity contribution in [2.45, 2.75) is 182 Å². The van der Waals surface area contributed by atoms with Gasteiger partial charge in [0.15, 0.2) is 52.7 Å². The Morgan fingerprint density at radius 3 is 1.17 bits per heavy atom. The maximum absolute atomic E-state index is 13.1. The molecule has 1 saturated heterocycles. The first-order chi connectivity index (χ1) is 45.3. The number of carbonyl (C=O) groups excluding carboxylic acids is 3. The summed E-state index contributed by atoms with van der Waals surface area (Å²) in [6.07, 6.45) is 10.6. The van der Waals surface area contributed by atoms with Crippen molar-refractivity contribution < 1.29 is 89.4 Å². The summed E-state index contributed by atoms with van der Waals surface area (Å²) in [5.74, 6) is 3.14. The molecule has 0 spiro atoms. The van der Waals surface area contributed by atoms with Gasteiger partial charge in [-0.05, 0) is 237 Å². The Morgan fingerprint density at radius 2 is 0.854 bits per heavy atom. The molecule has 1 heterocycles. The second kappa shape index (κ2) is 27.7. The third kappa shape index (κ3) is 13.8. The van der Waals surface area contributed by atoms with Crippen LogP contribution in [0.25, 0.3) is 0 Å². The Bertz CT molecular complexity index is 3690. The zero-order valence-corrected chi connectivity index (χ0v) is 59.6. The van der Waals surface area contributed by atoms with E-state index in [1.54, 1.807) is 0 Å². The maximum Gasteiger partial charge on any atom is 0.428 e. The fourth-order valence-electron chi connectivity index (χ4n) is 18.3. The Kier molecular flexibility index (Phi) is 20.2. The van der Waals surface area contributed by atoms with E-state index in [0.717, 1.165) is 57.4 Å². The van der Waals surface area contributed by atoms with E-state index < -0.39 is 60.8 Å². The molecule has 5 unspecified atom stereocenters. The van der Waals surface area contributed by atoms with Crippen LogP contribution in [-0.2, 0) is 74.8 Å². The highest BCUT2D eigenvalue weighted by molar-refractivity contribution is 7.97. The van der Waals surface area contributed by atoms with Gasteiger partial charge < -0.3 is 45.2 Å². The van der Waals surface area contributed by atoms with E-state index >= 15 is 0 Å². The standard InChI is InChI=1S/2C33H37O3S.C9H10F2O8S2.BrH/c2*1-22-14-30(37(28-10-6-4-7-11-28)29-12-8-5-9-13-29)15-23(2)32(22)35-21-31(34)36-33(3)26-17-24-16-25(19-26)20-27(33)18-24;10-9(11,21(15,16)17)8(12)18-6-3-1-4-5(2-3)20(13,14)19-7(4)6;/h2*4-15,24-27H,16-21H2,1-3H3;3-7H,1-2H2,(H,15,16,17);1H/q2*+1;;/p-2. The molecule has 0 N–H and O–H groups in total. The minimum atomic E-state index is -6.21. The number of halogens is 3. The third-order valence-electron chi connectivity index (χ3n) is 22.3. The second-order valence-corrected chi connectivity index (χ2v) is 35.7. The number of rotatable bonds is 17.